The Kier molecular flexibility index (Phi) is 7.62. The highest BCUT2D eigenvalue weighted by atomic mass is 19.3. The van der Waals surface area contributed by atoms with Crippen LogP contribution in [0.5, 0.6) is 0 Å². The van der Waals surface area contributed by atoms with Crippen molar-refractivity contribution in [3.8, 4) is 0 Å². The fraction of sp³-hybridized carbons (Fsp3) is 0.250. The summed E-state index contributed by atoms with van der Waals surface area (Å²) in [4.78, 5) is 22.2. The maximum absolute atomic E-state index is 12.8. The monoisotopic (exact) mass is 389 g/mol. The number of nitrogens with one attached hydrogen (secondary N) is 1. The second-order valence-corrected chi connectivity index (χ2v) is 5.74. The van der Waals surface area contributed by atoms with Gasteiger partial charge in [-0.1, -0.05) is 52.8 Å². The number of oxime groups is 2. The molecular weight excluding hydrogens is 368 g/mol. The van der Waals surface area contributed by atoms with E-state index in [1.165, 1.54) is 26.3 Å². The molecule has 148 valence electrons. The van der Waals surface area contributed by atoms with Gasteiger partial charge in [-0.25, -0.2) is 8.78 Å². The Morgan fingerprint density at radius 1 is 1.14 bits per heavy atom. The van der Waals surface area contributed by atoms with Crippen LogP contribution in [0.15, 0.2) is 58.8 Å². The minimum absolute atomic E-state index is 0.0573. The van der Waals surface area contributed by atoms with E-state index in [-0.39, 0.29) is 17.9 Å². The molecule has 0 radical (unpaired) electrons. The number of alkyl halides is 2. The topological polar surface area (TPSA) is 72.3 Å². The van der Waals surface area contributed by atoms with Gasteiger partial charge in [0.05, 0.1) is 5.71 Å². The molecule has 2 aromatic rings. The summed E-state index contributed by atoms with van der Waals surface area (Å²) in [6.07, 6.45) is -2.55. The highest BCUT2D eigenvalue weighted by Gasteiger charge is 2.17. The number of carbonyl (C=O) groups is 1. The second-order valence-electron chi connectivity index (χ2n) is 5.74. The van der Waals surface area contributed by atoms with Gasteiger partial charge in [-0.2, -0.15) is 0 Å². The van der Waals surface area contributed by atoms with Gasteiger partial charge in [0.2, 0.25) is 0 Å². The molecule has 2 aromatic carbocycles. The molecule has 0 bridgehead atoms. The van der Waals surface area contributed by atoms with Gasteiger partial charge in [0.25, 0.3) is 12.3 Å². The number of likely N-dealkylation sites (N-methyl/N-ethyl adjacent to an activating group) is 1. The molecule has 0 aliphatic heterocycles. The summed E-state index contributed by atoms with van der Waals surface area (Å²) in [5.41, 5.74) is 2.23. The van der Waals surface area contributed by atoms with E-state index in [2.05, 4.69) is 15.6 Å². The van der Waals surface area contributed by atoms with Crippen molar-refractivity contribution in [1.29, 1.82) is 0 Å². The van der Waals surface area contributed by atoms with Gasteiger partial charge in [-0.3, -0.25) is 4.79 Å². The van der Waals surface area contributed by atoms with Crippen LogP contribution in [0.3, 0.4) is 0 Å². The molecule has 0 unspecified atom stereocenters. The smallest absolute Gasteiger partial charge is 0.273 e. The van der Waals surface area contributed by atoms with Crippen molar-refractivity contribution in [1.82, 2.24) is 5.32 Å². The van der Waals surface area contributed by atoms with Crippen molar-refractivity contribution < 1.29 is 23.3 Å². The SMILES string of the molecule is CNC(=O)/C(=N/OC)c1ccccc1CO/N=C(\C)c1cccc(C(F)F)c1. The van der Waals surface area contributed by atoms with Crippen molar-refractivity contribution in [3.63, 3.8) is 0 Å². The summed E-state index contributed by atoms with van der Waals surface area (Å²) in [7, 11) is 2.84. The summed E-state index contributed by atoms with van der Waals surface area (Å²) >= 11 is 0. The van der Waals surface area contributed by atoms with Crippen LogP contribution in [0.2, 0.25) is 0 Å². The third kappa shape index (κ3) is 5.35. The Morgan fingerprint density at radius 3 is 2.57 bits per heavy atom. The van der Waals surface area contributed by atoms with Crippen LogP contribution < -0.4 is 5.32 Å². The Balaban J connectivity index is 2.19. The number of nitrogens with zero attached hydrogens (tertiary/aromatic N) is 2. The normalized spacial score (nSPS) is 12.1. The molecule has 0 atom stereocenters. The average Bonchev–Trinajstić information content (AvgIpc) is 2.72. The molecule has 0 saturated carbocycles. The fourth-order valence-electron chi connectivity index (χ4n) is 2.45. The first-order valence-electron chi connectivity index (χ1n) is 8.44. The largest absolute Gasteiger partial charge is 0.398 e. The van der Waals surface area contributed by atoms with Crippen LogP contribution in [0.1, 0.15) is 35.6 Å². The first kappa shape index (κ1) is 21.0. The Hall–Kier alpha value is -3.29. The highest BCUT2D eigenvalue weighted by molar-refractivity contribution is 6.45. The molecular formula is C20H21F2N3O3. The van der Waals surface area contributed by atoms with Crippen LogP contribution >= 0.6 is 0 Å². The number of benzene rings is 2. The first-order chi connectivity index (χ1) is 13.5. The highest BCUT2D eigenvalue weighted by Crippen LogP contribution is 2.20. The van der Waals surface area contributed by atoms with Crippen LogP contribution in [-0.4, -0.2) is 31.5 Å². The molecule has 8 heteroatoms. The average molecular weight is 389 g/mol. The summed E-state index contributed by atoms with van der Waals surface area (Å²) in [5, 5.41) is 10.3. The van der Waals surface area contributed by atoms with E-state index in [0.29, 0.717) is 22.4 Å². The van der Waals surface area contributed by atoms with Gasteiger partial charge in [0.15, 0.2) is 5.71 Å². The van der Waals surface area contributed by atoms with Gasteiger partial charge >= 0.3 is 0 Å². The molecule has 0 fully saturated rings. The molecule has 0 aromatic heterocycles. The molecule has 6 nitrogen and oxygen atoms in total. The van der Waals surface area contributed by atoms with Crippen LogP contribution in [-0.2, 0) is 21.1 Å². The molecule has 28 heavy (non-hydrogen) atoms. The predicted molar refractivity (Wildman–Crippen MR) is 102 cm³/mol. The maximum Gasteiger partial charge on any atom is 0.273 e. The van der Waals surface area contributed by atoms with E-state index in [4.69, 9.17) is 9.68 Å². The lowest BCUT2D eigenvalue weighted by molar-refractivity contribution is -0.114. The summed E-state index contributed by atoms with van der Waals surface area (Å²) in [6.45, 7) is 1.72. The predicted octanol–water partition coefficient (Wildman–Crippen LogP) is 3.66. The van der Waals surface area contributed by atoms with E-state index >= 15 is 0 Å². The lowest BCUT2D eigenvalue weighted by Crippen LogP contribution is -2.29. The lowest BCUT2D eigenvalue weighted by Gasteiger charge is -2.10. The van der Waals surface area contributed by atoms with Crippen LogP contribution in [0.25, 0.3) is 0 Å². The van der Waals surface area contributed by atoms with E-state index < -0.39 is 12.3 Å². The van der Waals surface area contributed by atoms with Gasteiger partial charge in [-0.15, -0.1) is 0 Å². The molecule has 0 aliphatic carbocycles. The number of amides is 1. The number of hydrogen-bond donors (Lipinski definition) is 1. The minimum atomic E-state index is -2.55. The fourth-order valence-corrected chi connectivity index (χ4v) is 2.45. The van der Waals surface area contributed by atoms with E-state index in [1.54, 1.807) is 43.3 Å². The van der Waals surface area contributed by atoms with Crippen molar-refractivity contribution in [2.75, 3.05) is 14.2 Å². The zero-order chi connectivity index (χ0) is 20.5. The quantitative estimate of drug-likeness (QED) is 0.553. The summed E-state index contributed by atoms with van der Waals surface area (Å²) in [6, 6.07) is 13.0. The third-order valence-electron chi connectivity index (χ3n) is 3.88. The molecule has 1 N–H and O–H groups in total. The Labute approximate surface area is 161 Å². The van der Waals surface area contributed by atoms with Gasteiger partial charge in [-0.05, 0) is 18.6 Å². The van der Waals surface area contributed by atoms with Crippen LogP contribution in [0, 0.1) is 0 Å². The molecule has 0 saturated heterocycles. The molecule has 0 spiro atoms. The van der Waals surface area contributed by atoms with Gasteiger partial charge < -0.3 is 15.0 Å². The van der Waals surface area contributed by atoms with Crippen molar-refractivity contribution in [2.24, 2.45) is 10.3 Å². The zero-order valence-electron chi connectivity index (χ0n) is 15.8. The summed E-state index contributed by atoms with van der Waals surface area (Å²) in [5.74, 6) is -0.405. The number of halogens is 2. The zero-order valence-corrected chi connectivity index (χ0v) is 15.8. The molecule has 2 rings (SSSR count). The van der Waals surface area contributed by atoms with E-state index in [0.717, 1.165) is 0 Å². The van der Waals surface area contributed by atoms with Crippen LogP contribution in [0.4, 0.5) is 8.78 Å². The number of carbonyl (C=O) groups excluding carboxylic acids is 1. The summed E-state index contributed by atoms with van der Waals surface area (Å²) < 4.78 is 25.7. The maximum atomic E-state index is 12.8. The Bertz CT molecular complexity index is 883. The van der Waals surface area contributed by atoms with E-state index in [1.807, 2.05) is 0 Å². The number of rotatable bonds is 8. The molecule has 0 heterocycles. The van der Waals surface area contributed by atoms with E-state index in [9.17, 15) is 13.6 Å². The lowest BCUT2D eigenvalue weighted by atomic mass is 10.0. The molecule has 0 aliphatic rings. The molecule has 1 amide bonds. The van der Waals surface area contributed by atoms with Crippen molar-refractivity contribution in [2.45, 2.75) is 20.0 Å². The first-order valence-corrected chi connectivity index (χ1v) is 8.44. The standard InChI is InChI=1S/C20H21F2N3O3/c1-13(14-8-6-9-15(11-14)19(21)22)24-28-12-16-7-4-5-10-17(16)18(25-27-3)20(26)23-2/h4-11,19H,12H2,1-3H3,(H,23,26)/b24-13+,25-18+. The minimum Gasteiger partial charge on any atom is -0.398 e. The second kappa shape index (κ2) is 10.1. The number of hydrogen-bond acceptors (Lipinski definition) is 5. The Morgan fingerprint density at radius 2 is 1.89 bits per heavy atom. The van der Waals surface area contributed by atoms with Gasteiger partial charge in [0.1, 0.15) is 13.7 Å². The third-order valence-corrected chi connectivity index (χ3v) is 3.88. The van der Waals surface area contributed by atoms with Crippen molar-refractivity contribution >= 4 is 17.3 Å². The van der Waals surface area contributed by atoms with Gasteiger partial charge in [0, 0.05) is 23.7 Å². The van der Waals surface area contributed by atoms with Crippen molar-refractivity contribution in [3.05, 3.63) is 70.8 Å².